The van der Waals surface area contributed by atoms with Crippen LogP contribution in [0.3, 0.4) is 0 Å². The lowest BCUT2D eigenvalue weighted by Gasteiger charge is -2.29. The molecule has 1 fully saturated rings. The van der Waals surface area contributed by atoms with Gasteiger partial charge >= 0.3 is 0 Å². The molecule has 0 saturated carbocycles. The number of carbonyl (C=O) groups is 2. The zero-order chi connectivity index (χ0) is 18.7. The van der Waals surface area contributed by atoms with Crippen molar-refractivity contribution in [2.24, 2.45) is 0 Å². The molecule has 0 atom stereocenters. The quantitative estimate of drug-likeness (QED) is 0.581. The lowest BCUT2D eigenvalue weighted by atomic mass is 10.0. The average Bonchev–Trinajstić information content (AvgIpc) is 2.88. The van der Waals surface area contributed by atoms with E-state index in [1.54, 1.807) is 6.08 Å². The molecule has 1 aromatic rings. The SMILES string of the molecule is C=CCN1C(=O)C(c2ccc(OC(C)C)cc2)=C(N2CCCCC2)C1=O. The van der Waals surface area contributed by atoms with Gasteiger partial charge in [0.15, 0.2) is 0 Å². The first kappa shape index (κ1) is 18.2. The van der Waals surface area contributed by atoms with Crippen LogP contribution in [0.2, 0.25) is 0 Å². The van der Waals surface area contributed by atoms with Crippen LogP contribution in [0.4, 0.5) is 0 Å². The Hall–Kier alpha value is -2.56. The second-order valence-corrected chi connectivity index (χ2v) is 6.97. The van der Waals surface area contributed by atoms with Gasteiger partial charge in [0.05, 0.1) is 11.7 Å². The summed E-state index contributed by atoms with van der Waals surface area (Å²) < 4.78 is 5.68. The molecule has 5 heteroatoms. The van der Waals surface area contributed by atoms with E-state index in [1.165, 1.54) is 11.3 Å². The molecular weight excluding hydrogens is 328 g/mol. The molecule has 2 aliphatic rings. The zero-order valence-corrected chi connectivity index (χ0v) is 15.5. The highest BCUT2D eigenvalue weighted by Crippen LogP contribution is 2.33. The van der Waals surface area contributed by atoms with Crippen molar-refractivity contribution in [3.63, 3.8) is 0 Å². The highest BCUT2D eigenvalue weighted by molar-refractivity contribution is 6.35. The number of hydrogen-bond donors (Lipinski definition) is 0. The van der Waals surface area contributed by atoms with Gasteiger partial charge in [-0.05, 0) is 50.8 Å². The molecule has 138 valence electrons. The van der Waals surface area contributed by atoms with Crippen LogP contribution < -0.4 is 4.74 Å². The van der Waals surface area contributed by atoms with Crippen LogP contribution in [0.25, 0.3) is 5.57 Å². The summed E-state index contributed by atoms with van der Waals surface area (Å²) >= 11 is 0. The van der Waals surface area contributed by atoms with Gasteiger partial charge in [0.1, 0.15) is 11.4 Å². The Balaban J connectivity index is 2.00. The van der Waals surface area contributed by atoms with Crippen molar-refractivity contribution < 1.29 is 14.3 Å². The van der Waals surface area contributed by atoms with Crippen molar-refractivity contribution in [2.45, 2.75) is 39.2 Å². The van der Waals surface area contributed by atoms with Crippen molar-refractivity contribution in [3.05, 3.63) is 48.2 Å². The molecule has 26 heavy (non-hydrogen) atoms. The molecule has 5 nitrogen and oxygen atoms in total. The van der Waals surface area contributed by atoms with E-state index in [0.29, 0.717) is 11.3 Å². The summed E-state index contributed by atoms with van der Waals surface area (Å²) in [6.45, 7) is 9.47. The standard InChI is InChI=1S/C21H26N2O3/c1-4-12-23-20(24)18(16-8-10-17(11-9-16)26-15(2)3)19(21(23)25)22-13-6-5-7-14-22/h4,8-11,15H,1,5-7,12-14H2,2-3H3. The molecule has 2 aliphatic heterocycles. The Morgan fingerprint density at radius 2 is 1.73 bits per heavy atom. The van der Waals surface area contributed by atoms with Gasteiger partial charge in [-0.25, -0.2) is 0 Å². The van der Waals surface area contributed by atoms with Crippen LogP contribution in [-0.4, -0.2) is 47.4 Å². The maximum absolute atomic E-state index is 13.0. The second-order valence-electron chi connectivity index (χ2n) is 6.97. The molecule has 1 aromatic carbocycles. The smallest absolute Gasteiger partial charge is 0.278 e. The molecule has 2 amide bonds. The van der Waals surface area contributed by atoms with E-state index < -0.39 is 0 Å². The number of likely N-dealkylation sites (tertiary alicyclic amines) is 1. The van der Waals surface area contributed by atoms with Crippen LogP contribution in [0.5, 0.6) is 5.75 Å². The first-order chi connectivity index (χ1) is 12.5. The van der Waals surface area contributed by atoms with Crippen molar-refractivity contribution in [1.29, 1.82) is 0 Å². The first-order valence-electron chi connectivity index (χ1n) is 9.26. The second kappa shape index (κ2) is 7.77. The highest BCUT2D eigenvalue weighted by Gasteiger charge is 2.41. The Kier molecular flexibility index (Phi) is 5.45. The third-order valence-corrected chi connectivity index (χ3v) is 4.64. The fraction of sp³-hybridized carbons (Fsp3) is 0.429. The molecule has 1 saturated heterocycles. The first-order valence-corrected chi connectivity index (χ1v) is 9.26. The van der Waals surface area contributed by atoms with Gasteiger partial charge in [-0.1, -0.05) is 18.2 Å². The minimum absolute atomic E-state index is 0.0850. The predicted octanol–water partition coefficient (Wildman–Crippen LogP) is 3.23. The van der Waals surface area contributed by atoms with Crippen LogP contribution in [0.1, 0.15) is 38.7 Å². The molecule has 0 aliphatic carbocycles. The monoisotopic (exact) mass is 354 g/mol. The molecule has 0 unspecified atom stereocenters. The molecule has 0 bridgehead atoms. The number of benzene rings is 1. The van der Waals surface area contributed by atoms with Crippen molar-refractivity contribution in [3.8, 4) is 5.75 Å². The van der Waals surface area contributed by atoms with E-state index in [4.69, 9.17) is 4.74 Å². The van der Waals surface area contributed by atoms with E-state index >= 15 is 0 Å². The van der Waals surface area contributed by atoms with Crippen LogP contribution >= 0.6 is 0 Å². The fourth-order valence-electron chi connectivity index (χ4n) is 3.50. The van der Waals surface area contributed by atoms with Gasteiger partial charge in [0.2, 0.25) is 0 Å². The van der Waals surface area contributed by atoms with E-state index in [2.05, 4.69) is 11.5 Å². The fourth-order valence-corrected chi connectivity index (χ4v) is 3.50. The summed E-state index contributed by atoms with van der Waals surface area (Å²) in [4.78, 5) is 29.3. The van der Waals surface area contributed by atoms with Crippen LogP contribution in [0.15, 0.2) is 42.6 Å². The number of carbonyl (C=O) groups excluding carboxylic acids is 2. The molecule has 0 aromatic heterocycles. The number of hydrogen-bond acceptors (Lipinski definition) is 4. The maximum atomic E-state index is 13.0. The molecule has 0 radical (unpaired) electrons. The molecule has 2 heterocycles. The van der Waals surface area contributed by atoms with E-state index in [0.717, 1.165) is 37.2 Å². The Morgan fingerprint density at radius 3 is 2.31 bits per heavy atom. The molecule has 0 spiro atoms. The van der Waals surface area contributed by atoms with E-state index in [9.17, 15) is 9.59 Å². The van der Waals surface area contributed by atoms with Gasteiger partial charge in [0, 0.05) is 19.6 Å². The number of amides is 2. The number of rotatable bonds is 6. The number of ether oxygens (including phenoxy) is 1. The lowest BCUT2D eigenvalue weighted by molar-refractivity contribution is -0.136. The molecule has 3 rings (SSSR count). The number of nitrogens with zero attached hydrogens (tertiary/aromatic N) is 2. The summed E-state index contributed by atoms with van der Waals surface area (Å²) in [5.41, 5.74) is 1.79. The van der Waals surface area contributed by atoms with Gasteiger partial charge in [-0.2, -0.15) is 0 Å². The predicted molar refractivity (Wildman–Crippen MR) is 101 cm³/mol. The van der Waals surface area contributed by atoms with E-state index in [-0.39, 0.29) is 24.5 Å². The molecular formula is C21H26N2O3. The van der Waals surface area contributed by atoms with Gasteiger partial charge in [-0.15, -0.1) is 6.58 Å². The normalized spacial score (nSPS) is 18.1. The maximum Gasteiger partial charge on any atom is 0.278 e. The summed E-state index contributed by atoms with van der Waals surface area (Å²) in [5.74, 6) is 0.297. The molecule has 0 N–H and O–H groups in total. The Morgan fingerprint density at radius 1 is 1.08 bits per heavy atom. The van der Waals surface area contributed by atoms with Gasteiger partial charge in [-0.3, -0.25) is 14.5 Å². The zero-order valence-electron chi connectivity index (χ0n) is 15.5. The summed E-state index contributed by atoms with van der Waals surface area (Å²) in [7, 11) is 0. The van der Waals surface area contributed by atoms with Gasteiger partial charge < -0.3 is 9.64 Å². The average molecular weight is 354 g/mol. The number of imide groups is 1. The lowest BCUT2D eigenvalue weighted by Crippen LogP contribution is -2.37. The summed E-state index contributed by atoms with van der Waals surface area (Å²) in [6.07, 6.45) is 4.92. The van der Waals surface area contributed by atoms with Gasteiger partial charge in [0.25, 0.3) is 11.8 Å². The highest BCUT2D eigenvalue weighted by atomic mass is 16.5. The Labute approximate surface area is 154 Å². The summed E-state index contributed by atoms with van der Waals surface area (Å²) in [6, 6.07) is 7.42. The minimum atomic E-state index is -0.243. The minimum Gasteiger partial charge on any atom is -0.491 e. The summed E-state index contributed by atoms with van der Waals surface area (Å²) in [5, 5.41) is 0. The van der Waals surface area contributed by atoms with E-state index in [1.807, 2.05) is 38.1 Å². The van der Waals surface area contributed by atoms with Crippen molar-refractivity contribution in [1.82, 2.24) is 9.80 Å². The van der Waals surface area contributed by atoms with Crippen LogP contribution in [0, 0.1) is 0 Å². The topological polar surface area (TPSA) is 49.9 Å². The third kappa shape index (κ3) is 3.52. The Bertz CT molecular complexity index is 728. The van der Waals surface area contributed by atoms with Crippen molar-refractivity contribution in [2.75, 3.05) is 19.6 Å². The van der Waals surface area contributed by atoms with Crippen molar-refractivity contribution >= 4 is 17.4 Å². The number of piperidine rings is 1. The van der Waals surface area contributed by atoms with Crippen LogP contribution in [-0.2, 0) is 9.59 Å². The third-order valence-electron chi connectivity index (χ3n) is 4.64. The largest absolute Gasteiger partial charge is 0.491 e.